The van der Waals surface area contributed by atoms with Crippen LogP contribution in [0.2, 0.25) is 0 Å². The number of halogens is 1. The Hall–Kier alpha value is -1.02. The molecule has 0 aliphatic heterocycles. The first-order chi connectivity index (χ1) is 5.22. The summed E-state index contributed by atoms with van der Waals surface area (Å²) >= 11 is 4.76. The summed E-state index contributed by atoms with van der Waals surface area (Å²) < 4.78 is 4.47. The topological polar surface area (TPSA) is 26.3 Å². The molecule has 0 amide bonds. The quantitative estimate of drug-likeness (QED) is 0.373. The first-order valence-corrected chi connectivity index (χ1v) is 3.27. The first-order valence-electron chi connectivity index (χ1n) is 2.84. The van der Waals surface area contributed by atoms with Gasteiger partial charge in [-0.05, 0) is 5.54 Å². The molecule has 0 spiro atoms. The van der Waals surface area contributed by atoms with Gasteiger partial charge in [-0.1, -0.05) is 37.4 Å². The molecule has 0 aliphatic carbocycles. The van der Waals surface area contributed by atoms with Crippen molar-refractivity contribution in [2.45, 2.75) is 0 Å². The summed E-state index contributed by atoms with van der Waals surface area (Å²) in [5.74, 6) is -0.412. The van der Waals surface area contributed by atoms with E-state index >= 15 is 0 Å². The van der Waals surface area contributed by atoms with Gasteiger partial charge in [0.1, 0.15) is 6.61 Å². The van der Waals surface area contributed by atoms with Gasteiger partial charge in [0.05, 0.1) is 0 Å². The normalized spacial score (nSPS) is 6.64. The Morgan fingerprint density at radius 1 is 1.45 bits per heavy atom. The van der Waals surface area contributed by atoms with Crippen molar-refractivity contribution in [2.24, 2.45) is 0 Å². The molecule has 0 saturated heterocycles. The third-order valence-electron chi connectivity index (χ3n) is 0.510. The summed E-state index contributed by atoms with van der Waals surface area (Å²) in [5.41, 5.74) is 1.22. The van der Waals surface area contributed by atoms with Gasteiger partial charge in [-0.15, -0.1) is 0 Å². The fourth-order valence-electron chi connectivity index (χ4n) is 0.200. The molecule has 0 heterocycles. The highest BCUT2D eigenvalue weighted by molar-refractivity contribution is 6.25. The molecule has 3 heteroatoms. The van der Waals surface area contributed by atoms with Gasteiger partial charge >= 0.3 is 5.97 Å². The van der Waals surface area contributed by atoms with E-state index in [1.165, 1.54) is 11.6 Å². The van der Waals surface area contributed by atoms with Crippen LogP contribution in [0.25, 0.3) is 0 Å². The molecule has 2 nitrogen and oxygen atoms in total. The van der Waals surface area contributed by atoms with Gasteiger partial charge in [0.2, 0.25) is 0 Å². The Kier molecular flexibility index (Phi) is 13.5. The minimum absolute atomic E-state index is 0.255. The van der Waals surface area contributed by atoms with Crippen LogP contribution in [0.1, 0.15) is 0 Å². The molecule has 0 unspecified atom stereocenters. The lowest BCUT2D eigenvalue weighted by molar-refractivity contribution is -0.136. The number of carbonyl (C=O) groups excluding carboxylic acids is 1. The second-order valence-electron chi connectivity index (χ2n) is 1.28. The molecular weight excluding hydrogens is 164 g/mol. The minimum atomic E-state index is -0.412. The highest BCUT2D eigenvalue weighted by atomic mass is 35.5. The first kappa shape index (κ1) is 12.6. The molecule has 0 rings (SSSR count). The van der Waals surface area contributed by atoms with Crippen LogP contribution in [-0.2, 0) is 9.53 Å². The average molecular weight is 175 g/mol. The summed E-state index contributed by atoms with van der Waals surface area (Å²) in [4.78, 5) is 10.2. The van der Waals surface area contributed by atoms with E-state index in [0.717, 1.165) is 6.08 Å². The third kappa shape index (κ3) is 17.6. The van der Waals surface area contributed by atoms with Crippen LogP contribution in [0.5, 0.6) is 0 Å². The molecule has 0 aromatic heterocycles. The lowest BCUT2D eigenvalue weighted by atomic mass is 10.6. The van der Waals surface area contributed by atoms with Gasteiger partial charge in [-0.25, -0.2) is 4.79 Å². The minimum Gasteiger partial charge on any atom is -0.458 e. The van der Waals surface area contributed by atoms with E-state index in [9.17, 15) is 4.79 Å². The number of hydrogen-bond acceptors (Lipinski definition) is 2. The lowest BCUT2D eigenvalue weighted by Gasteiger charge is -1.92. The van der Waals surface area contributed by atoms with Crippen molar-refractivity contribution in [3.63, 3.8) is 0 Å². The smallest absolute Gasteiger partial charge is 0.330 e. The molecule has 0 atom stereocenters. The van der Waals surface area contributed by atoms with Gasteiger partial charge in [0.25, 0.3) is 0 Å². The summed E-state index contributed by atoms with van der Waals surface area (Å²) in [6.07, 6.45) is 2.62. The molecule has 0 radical (unpaired) electrons. The number of esters is 1. The number of hydrogen-bond donors (Lipinski definition) is 0. The van der Waals surface area contributed by atoms with Gasteiger partial charge in [0.15, 0.2) is 0 Å². The summed E-state index contributed by atoms with van der Waals surface area (Å²) in [7, 11) is 0. The predicted molar refractivity (Wildman–Crippen MR) is 47.4 cm³/mol. The Bertz CT molecular complexity index is 141. The Balaban J connectivity index is 0. The number of carbonyl (C=O) groups is 1. The highest BCUT2D eigenvalue weighted by Crippen LogP contribution is 1.77. The van der Waals surface area contributed by atoms with Crippen molar-refractivity contribution in [2.75, 3.05) is 6.61 Å². The van der Waals surface area contributed by atoms with Crippen LogP contribution < -0.4 is 0 Å². The van der Waals surface area contributed by atoms with E-state index in [1.54, 1.807) is 0 Å². The molecule has 0 saturated carbocycles. The average Bonchev–Trinajstić information content (AvgIpc) is 2.02. The molecule has 11 heavy (non-hydrogen) atoms. The van der Waals surface area contributed by atoms with Crippen LogP contribution >= 0.6 is 11.6 Å². The molecule has 0 aromatic carbocycles. The molecule has 0 fully saturated rings. The van der Waals surface area contributed by atoms with Crippen LogP contribution in [0, 0.1) is 0 Å². The van der Waals surface area contributed by atoms with Crippen LogP contribution in [-0.4, -0.2) is 12.6 Å². The SMILES string of the molecule is C=CCOC(=O)C=C.C=CCl. The van der Waals surface area contributed by atoms with Crippen LogP contribution in [0.4, 0.5) is 0 Å². The monoisotopic (exact) mass is 174 g/mol. The Labute approximate surface area is 71.8 Å². The second-order valence-corrected chi connectivity index (χ2v) is 1.59. The highest BCUT2D eigenvalue weighted by Gasteiger charge is 1.87. The maximum atomic E-state index is 10.2. The van der Waals surface area contributed by atoms with E-state index in [1.807, 2.05) is 0 Å². The third-order valence-corrected chi connectivity index (χ3v) is 0.510. The van der Waals surface area contributed by atoms with Gasteiger partial charge < -0.3 is 4.74 Å². The Morgan fingerprint density at radius 3 is 2.18 bits per heavy atom. The number of rotatable bonds is 3. The van der Waals surface area contributed by atoms with E-state index in [2.05, 4.69) is 24.5 Å². The van der Waals surface area contributed by atoms with Crippen molar-refractivity contribution >= 4 is 17.6 Å². The van der Waals surface area contributed by atoms with Crippen LogP contribution in [0.3, 0.4) is 0 Å². The van der Waals surface area contributed by atoms with Crippen molar-refractivity contribution in [3.8, 4) is 0 Å². The van der Waals surface area contributed by atoms with Gasteiger partial charge in [-0.2, -0.15) is 0 Å². The fraction of sp³-hybridized carbons (Fsp3) is 0.125. The van der Waals surface area contributed by atoms with E-state index in [4.69, 9.17) is 11.6 Å². The molecule has 0 aromatic rings. The zero-order chi connectivity index (χ0) is 9.11. The molecule has 0 bridgehead atoms. The zero-order valence-electron chi connectivity index (χ0n) is 6.25. The zero-order valence-corrected chi connectivity index (χ0v) is 7.01. The predicted octanol–water partition coefficient (Wildman–Crippen LogP) is 2.27. The Morgan fingerprint density at radius 2 is 1.91 bits per heavy atom. The molecular formula is C8H11ClO2. The second kappa shape index (κ2) is 11.7. The molecule has 62 valence electrons. The number of ether oxygens (including phenoxy) is 1. The van der Waals surface area contributed by atoms with Crippen molar-refractivity contribution in [1.29, 1.82) is 0 Å². The van der Waals surface area contributed by atoms with Gasteiger partial charge in [-0.3, -0.25) is 0 Å². The molecule has 0 N–H and O–H groups in total. The fourth-order valence-corrected chi connectivity index (χ4v) is 0.200. The van der Waals surface area contributed by atoms with Gasteiger partial charge in [0, 0.05) is 6.08 Å². The summed E-state index contributed by atoms with van der Waals surface area (Å²) in [5, 5.41) is 0. The van der Waals surface area contributed by atoms with E-state index in [0.29, 0.717) is 0 Å². The summed E-state index contributed by atoms with van der Waals surface area (Å²) in [6, 6.07) is 0. The van der Waals surface area contributed by atoms with Crippen LogP contribution in [0.15, 0.2) is 37.4 Å². The maximum absolute atomic E-state index is 10.2. The largest absolute Gasteiger partial charge is 0.458 e. The summed E-state index contributed by atoms with van der Waals surface area (Å²) in [6.45, 7) is 9.94. The standard InChI is InChI=1S/C6H8O2.C2H3Cl/c1-3-5-8-6(7)4-2;1-2-3/h3-4H,1-2,5H2;2H,1H2. The lowest BCUT2D eigenvalue weighted by Crippen LogP contribution is -1.98. The van der Waals surface area contributed by atoms with Crippen molar-refractivity contribution in [1.82, 2.24) is 0 Å². The maximum Gasteiger partial charge on any atom is 0.330 e. The van der Waals surface area contributed by atoms with Crippen molar-refractivity contribution in [3.05, 3.63) is 37.4 Å². The van der Waals surface area contributed by atoms with E-state index < -0.39 is 5.97 Å². The molecule has 0 aliphatic rings. The van der Waals surface area contributed by atoms with Crippen molar-refractivity contribution < 1.29 is 9.53 Å². The van der Waals surface area contributed by atoms with E-state index in [-0.39, 0.29) is 6.61 Å².